The third-order valence-corrected chi connectivity index (χ3v) is 9.14. The summed E-state index contributed by atoms with van der Waals surface area (Å²) in [7, 11) is 3.13. The number of hydrogen-bond donors (Lipinski definition) is 0. The Kier molecular flexibility index (Phi) is 10.6. The van der Waals surface area contributed by atoms with E-state index >= 15 is 0 Å². The highest BCUT2D eigenvalue weighted by atomic mass is 79.9. The summed E-state index contributed by atoms with van der Waals surface area (Å²) in [6, 6.07) is 16.4. The highest BCUT2D eigenvalue weighted by Crippen LogP contribution is 2.37. The van der Waals surface area contributed by atoms with Crippen molar-refractivity contribution in [2.75, 3.05) is 20.8 Å². The van der Waals surface area contributed by atoms with E-state index in [1.54, 1.807) is 46.3 Å². The summed E-state index contributed by atoms with van der Waals surface area (Å²) in [5, 5.41) is 0. The molecule has 9 nitrogen and oxygen atoms in total. The van der Waals surface area contributed by atoms with Crippen LogP contribution in [-0.4, -0.2) is 37.5 Å². The van der Waals surface area contributed by atoms with Crippen molar-refractivity contribution in [1.82, 2.24) is 4.57 Å². The predicted molar refractivity (Wildman–Crippen MR) is 185 cm³/mol. The van der Waals surface area contributed by atoms with Crippen LogP contribution in [0.4, 0.5) is 0 Å². The van der Waals surface area contributed by atoms with Crippen molar-refractivity contribution in [3.05, 3.63) is 112 Å². The van der Waals surface area contributed by atoms with E-state index in [9.17, 15) is 9.59 Å². The highest BCUT2D eigenvalue weighted by Gasteiger charge is 2.34. The zero-order chi connectivity index (χ0) is 33.8. The molecule has 2 heterocycles. The van der Waals surface area contributed by atoms with Gasteiger partial charge in [-0.3, -0.25) is 9.36 Å². The average molecular weight is 722 g/mol. The Morgan fingerprint density at radius 1 is 1.00 bits per heavy atom. The molecule has 5 rings (SSSR count). The number of halogens is 1. The van der Waals surface area contributed by atoms with E-state index in [0.29, 0.717) is 60.2 Å². The number of ether oxygens (including phenoxy) is 5. The third kappa shape index (κ3) is 7.31. The molecule has 3 aromatic carbocycles. The number of nitrogens with zero attached hydrogens (tertiary/aromatic N) is 2. The maximum atomic E-state index is 14.2. The predicted octanol–water partition coefficient (Wildman–Crippen LogP) is 6.25. The van der Waals surface area contributed by atoms with Crippen molar-refractivity contribution in [3.63, 3.8) is 0 Å². The van der Waals surface area contributed by atoms with Gasteiger partial charge in [-0.2, -0.15) is 0 Å². The van der Waals surface area contributed by atoms with Crippen LogP contribution in [0.5, 0.6) is 23.0 Å². The zero-order valence-electron chi connectivity index (χ0n) is 27.4. The number of aryl methyl sites for hydroxylation is 1. The molecule has 47 heavy (non-hydrogen) atoms. The lowest BCUT2D eigenvalue weighted by Crippen LogP contribution is -2.40. The number of esters is 1. The van der Waals surface area contributed by atoms with Gasteiger partial charge in [-0.05, 0) is 81.7 Å². The molecule has 0 amide bonds. The van der Waals surface area contributed by atoms with E-state index in [-0.39, 0.29) is 23.8 Å². The van der Waals surface area contributed by atoms with Crippen molar-refractivity contribution >= 4 is 39.3 Å². The van der Waals surface area contributed by atoms with E-state index < -0.39 is 12.0 Å². The fourth-order valence-corrected chi connectivity index (χ4v) is 6.71. The monoisotopic (exact) mass is 720 g/mol. The molecule has 4 aromatic rings. The quantitative estimate of drug-likeness (QED) is 0.169. The fraction of sp³-hybridized carbons (Fsp3) is 0.306. The molecule has 11 heteroatoms. The molecule has 0 fully saturated rings. The molecule has 246 valence electrons. The molecule has 1 atom stereocenters. The van der Waals surface area contributed by atoms with Crippen molar-refractivity contribution < 1.29 is 28.5 Å². The minimum absolute atomic E-state index is 0.0728. The summed E-state index contributed by atoms with van der Waals surface area (Å²) in [6.07, 6.45) is 1.71. The largest absolute Gasteiger partial charge is 0.493 e. The van der Waals surface area contributed by atoms with Gasteiger partial charge in [0.1, 0.15) is 6.61 Å². The third-order valence-electron chi connectivity index (χ3n) is 7.47. The van der Waals surface area contributed by atoms with E-state index in [1.165, 1.54) is 21.5 Å². The molecule has 0 spiro atoms. The molecular formula is C36H37BrN2O7S. The SMILES string of the molecule is CCOC(=O)C1=C(C)N=c2s/c(=C\c3cc(OC)c(OCc4ccc(C)cc4)cc3Br)c(=O)n2[C@@H]1c1ccc(OC(C)C)c(OC)c1. The number of benzene rings is 3. The van der Waals surface area contributed by atoms with Crippen molar-refractivity contribution in [3.8, 4) is 23.0 Å². The van der Waals surface area contributed by atoms with Crippen molar-refractivity contribution in [1.29, 1.82) is 0 Å². The van der Waals surface area contributed by atoms with Gasteiger partial charge in [0.15, 0.2) is 27.8 Å². The van der Waals surface area contributed by atoms with Gasteiger partial charge in [0.25, 0.3) is 5.56 Å². The first-order valence-electron chi connectivity index (χ1n) is 15.1. The van der Waals surface area contributed by atoms with Gasteiger partial charge in [-0.1, -0.05) is 63.2 Å². The minimum atomic E-state index is -0.801. The minimum Gasteiger partial charge on any atom is -0.493 e. The molecule has 0 aliphatic carbocycles. The Labute approximate surface area is 285 Å². The number of thiazole rings is 1. The molecule has 0 radical (unpaired) electrons. The second-order valence-electron chi connectivity index (χ2n) is 11.2. The number of methoxy groups -OCH3 is 2. The number of rotatable bonds is 11. The van der Waals surface area contributed by atoms with Gasteiger partial charge in [0.05, 0.1) is 48.8 Å². The van der Waals surface area contributed by atoms with Crippen LogP contribution in [-0.2, 0) is 16.1 Å². The van der Waals surface area contributed by atoms with Gasteiger partial charge >= 0.3 is 5.97 Å². The lowest BCUT2D eigenvalue weighted by atomic mass is 9.95. The molecule has 0 saturated heterocycles. The standard InChI is InChI=1S/C36H37BrN2O7S/c1-8-44-35(41)32-22(5)38-36-39(33(32)24-13-14-27(46-20(2)3)28(15-24)42-6)34(40)31(47-36)17-25-16-29(43-7)30(18-26(25)37)45-19-23-11-9-21(4)10-12-23/h9-18,20,33H,8,19H2,1-7H3/b31-17-/t33-/m1/s1. The number of carbonyl (C=O) groups is 1. The Morgan fingerprint density at radius 3 is 2.36 bits per heavy atom. The number of fused-ring (bicyclic) bond motifs is 1. The second kappa shape index (κ2) is 14.6. The summed E-state index contributed by atoms with van der Waals surface area (Å²) in [4.78, 5) is 32.7. The van der Waals surface area contributed by atoms with Crippen molar-refractivity contribution in [2.45, 2.75) is 53.4 Å². The number of aromatic nitrogens is 1. The first-order chi connectivity index (χ1) is 22.5. The van der Waals surface area contributed by atoms with E-state index in [1.807, 2.05) is 63.2 Å². The fourth-order valence-electron chi connectivity index (χ4n) is 5.23. The topological polar surface area (TPSA) is 97.6 Å². The molecule has 0 saturated carbocycles. The molecule has 1 aliphatic rings. The lowest BCUT2D eigenvalue weighted by molar-refractivity contribution is -0.139. The molecule has 0 N–H and O–H groups in total. The summed E-state index contributed by atoms with van der Waals surface area (Å²) in [5.74, 6) is 1.59. The Morgan fingerprint density at radius 2 is 1.70 bits per heavy atom. The van der Waals surface area contributed by atoms with Crippen LogP contribution in [0.3, 0.4) is 0 Å². The van der Waals surface area contributed by atoms with Crippen LogP contribution in [0, 0.1) is 6.92 Å². The Bertz CT molecular complexity index is 2010. The van der Waals surface area contributed by atoms with Gasteiger partial charge in [-0.25, -0.2) is 9.79 Å². The van der Waals surface area contributed by atoms with Gasteiger partial charge < -0.3 is 23.7 Å². The number of allylic oxidation sites excluding steroid dienone is 1. The molecule has 1 aromatic heterocycles. The first-order valence-corrected chi connectivity index (χ1v) is 16.8. The van der Waals surface area contributed by atoms with Crippen LogP contribution in [0.15, 0.2) is 80.1 Å². The van der Waals surface area contributed by atoms with Crippen LogP contribution in [0.2, 0.25) is 0 Å². The molecular weight excluding hydrogens is 684 g/mol. The maximum Gasteiger partial charge on any atom is 0.338 e. The summed E-state index contributed by atoms with van der Waals surface area (Å²) in [6.45, 7) is 9.94. The van der Waals surface area contributed by atoms with Crippen LogP contribution >= 0.6 is 27.3 Å². The van der Waals surface area contributed by atoms with Crippen LogP contribution in [0.25, 0.3) is 6.08 Å². The zero-order valence-corrected chi connectivity index (χ0v) is 29.8. The average Bonchev–Trinajstić information content (AvgIpc) is 3.34. The van der Waals surface area contributed by atoms with Gasteiger partial charge in [-0.15, -0.1) is 0 Å². The van der Waals surface area contributed by atoms with Crippen molar-refractivity contribution in [2.24, 2.45) is 4.99 Å². The maximum absolute atomic E-state index is 14.2. The Balaban J connectivity index is 1.59. The normalized spacial score (nSPS) is 14.5. The van der Waals surface area contributed by atoms with Gasteiger partial charge in [0.2, 0.25) is 0 Å². The first kappa shape index (κ1) is 34.0. The number of carbonyl (C=O) groups excluding carboxylic acids is 1. The van der Waals surface area contributed by atoms with Crippen LogP contribution < -0.4 is 33.8 Å². The van der Waals surface area contributed by atoms with E-state index in [2.05, 4.69) is 20.9 Å². The Hall–Kier alpha value is -4.35. The summed E-state index contributed by atoms with van der Waals surface area (Å²) in [5.41, 5.74) is 4.02. The highest BCUT2D eigenvalue weighted by molar-refractivity contribution is 9.10. The molecule has 0 unspecified atom stereocenters. The molecule has 0 bridgehead atoms. The van der Waals surface area contributed by atoms with Crippen LogP contribution in [0.1, 0.15) is 56.0 Å². The van der Waals surface area contributed by atoms with E-state index in [4.69, 9.17) is 23.7 Å². The second-order valence-corrected chi connectivity index (χ2v) is 13.0. The van der Waals surface area contributed by atoms with Gasteiger partial charge in [0, 0.05) is 4.47 Å². The molecule has 1 aliphatic heterocycles. The lowest BCUT2D eigenvalue weighted by Gasteiger charge is -2.25. The smallest absolute Gasteiger partial charge is 0.338 e. The van der Waals surface area contributed by atoms with E-state index in [0.717, 1.165) is 5.56 Å². The summed E-state index contributed by atoms with van der Waals surface area (Å²) >= 11 is 4.89. The number of hydrogen-bond acceptors (Lipinski definition) is 9. The summed E-state index contributed by atoms with van der Waals surface area (Å²) < 4.78 is 31.4.